The Hall–Kier alpha value is -2.49. The summed E-state index contributed by atoms with van der Waals surface area (Å²) in [6.45, 7) is 2.13. The summed E-state index contributed by atoms with van der Waals surface area (Å²) < 4.78 is 10.5. The van der Waals surface area contributed by atoms with Gasteiger partial charge in [0.15, 0.2) is 0 Å². The second-order valence-corrected chi connectivity index (χ2v) is 3.92. The lowest BCUT2D eigenvalue weighted by atomic mass is 10.2. The van der Waals surface area contributed by atoms with E-state index in [1.54, 1.807) is 43.3 Å². The van der Waals surface area contributed by atoms with Gasteiger partial charge in [0, 0.05) is 11.8 Å². The van der Waals surface area contributed by atoms with E-state index in [1.807, 2.05) is 12.1 Å². The summed E-state index contributed by atoms with van der Waals surface area (Å²) in [5, 5.41) is 0. The zero-order chi connectivity index (χ0) is 13.7. The van der Waals surface area contributed by atoms with Crippen LogP contribution in [0.3, 0.4) is 0 Å². The predicted octanol–water partition coefficient (Wildman–Crippen LogP) is 3.24. The number of esters is 1. The average molecular weight is 257 g/mol. The minimum absolute atomic E-state index is 0.335. The summed E-state index contributed by atoms with van der Waals surface area (Å²) in [4.78, 5) is 11.5. The molecule has 19 heavy (non-hydrogen) atoms. The Morgan fingerprint density at radius 3 is 2.47 bits per heavy atom. The standard InChI is InChI=1S/C15H15NO3/c1-2-18-15(17)11-6-8-13(9-7-11)19-14-5-3-4-12(16)10-14/h3-10H,2,16H2,1H3. The van der Waals surface area contributed by atoms with Crippen molar-refractivity contribution in [2.75, 3.05) is 12.3 Å². The molecule has 0 spiro atoms. The minimum Gasteiger partial charge on any atom is -0.462 e. The van der Waals surface area contributed by atoms with Gasteiger partial charge in [0.1, 0.15) is 11.5 Å². The van der Waals surface area contributed by atoms with E-state index in [0.29, 0.717) is 29.4 Å². The molecule has 0 aliphatic rings. The number of nitrogen functional groups attached to an aromatic ring is 1. The maximum absolute atomic E-state index is 11.5. The van der Waals surface area contributed by atoms with Crippen molar-refractivity contribution < 1.29 is 14.3 Å². The van der Waals surface area contributed by atoms with Crippen LogP contribution in [0.25, 0.3) is 0 Å². The lowest BCUT2D eigenvalue weighted by Crippen LogP contribution is -2.03. The number of carbonyl (C=O) groups is 1. The Balaban J connectivity index is 2.08. The molecule has 2 rings (SSSR count). The molecule has 0 amide bonds. The third kappa shape index (κ3) is 3.48. The van der Waals surface area contributed by atoms with Crippen molar-refractivity contribution in [3.05, 3.63) is 54.1 Å². The van der Waals surface area contributed by atoms with E-state index in [0.717, 1.165) is 0 Å². The number of rotatable bonds is 4. The van der Waals surface area contributed by atoms with E-state index < -0.39 is 0 Å². The van der Waals surface area contributed by atoms with Gasteiger partial charge in [-0.2, -0.15) is 0 Å². The third-order valence-corrected chi connectivity index (χ3v) is 2.46. The highest BCUT2D eigenvalue weighted by molar-refractivity contribution is 5.89. The van der Waals surface area contributed by atoms with Crippen LogP contribution in [-0.2, 0) is 4.74 Å². The quantitative estimate of drug-likeness (QED) is 0.674. The Kier molecular flexibility index (Phi) is 4.03. The van der Waals surface area contributed by atoms with Crippen LogP contribution in [0.1, 0.15) is 17.3 Å². The van der Waals surface area contributed by atoms with Crippen molar-refractivity contribution >= 4 is 11.7 Å². The molecule has 98 valence electrons. The number of nitrogens with two attached hydrogens (primary N) is 1. The van der Waals surface area contributed by atoms with E-state index in [-0.39, 0.29) is 5.97 Å². The SMILES string of the molecule is CCOC(=O)c1ccc(Oc2cccc(N)c2)cc1. The van der Waals surface area contributed by atoms with Gasteiger partial charge >= 0.3 is 5.97 Å². The van der Waals surface area contributed by atoms with Gasteiger partial charge in [-0.25, -0.2) is 4.79 Å². The highest BCUT2D eigenvalue weighted by Gasteiger charge is 2.06. The molecule has 0 aromatic heterocycles. The van der Waals surface area contributed by atoms with E-state index in [1.165, 1.54) is 0 Å². The summed E-state index contributed by atoms with van der Waals surface area (Å²) in [5.74, 6) is 0.959. The molecular weight excluding hydrogens is 242 g/mol. The third-order valence-electron chi connectivity index (χ3n) is 2.46. The van der Waals surface area contributed by atoms with Crippen molar-refractivity contribution in [1.82, 2.24) is 0 Å². The van der Waals surface area contributed by atoms with Gasteiger partial charge in [-0.15, -0.1) is 0 Å². The zero-order valence-corrected chi connectivity index (χ0v) is 10.6. The van der Waals surface area contributed by atoms with Gasteiger partial charge in [-0.1, -0.05) is 6.07 Å². The minimum atomic E-state index is -0.335. The molecule has 0 fully saturated rings. The average Bonchev–Trinajstić information content (AvgIpc) is 2.40. The first kappa shape index (κ1) is 13.0. The van der Waals surface area contributed by atoms with Crippen molar-refractivity contribution in [3.8, 4) is 11.5 Å². The Morgan fingerprint density at radius 2 is 1.84 bits per heavy atom. The smallest absolute Gasteiger partial charge is 0.338 e. The number of anilines is 1. The fourth-order valence-corrected chi connectivity index (χ4v) is 1.59. The van der Waals surface area contributed by atoms with Crippen LogP contribution in [0.5, 0.6) is 11.5 Å². The van der Waals surface area contributed by atoms with Crippen molar-refractivity contribution in [1.29, 1.82) is 0 Å². The summed E-state index contributed by atoms with van der Waals surface area (Å²) in [6, 6.07) is 13.9. The fourth-order valence-electron chi connectivity index (χ4n) is 1.59. The topological polar surface area (TPSA) is 61.5 Å². The summed E-state index contributed by atoms with van der Waals surface area (Å²) in [6.07, 6.45) is 0. The van der Waals surface area contributed by atoms with Crippen LogP contribution >= 0.6 is 0 Å². The fraction of sp³-hybridized carbons (Fsp3) is 0.133. The number of ether oxygens (including phenoxy) is 2. The van der Waals surface area contributed by atoms with Crippen LogP contribution in [-0.4, -0.2) is 12.6 Å². The molecule has 0 saturated heterocycles. The van der Waals surface area contributed by atoms with E-state index in [2.05, 4.69) is 0 Å². The zero-order valence-electron chi connectivity index (χ0n) is 10.6. The summed E-state index contributed by atoms with van der Waals surface area (Å²) >= 11 is 0. The van der Waals surface area contributed by atoms with Gasteiger partial charge in [0.25, 0.3) is 0 Å². The number of benzene rings is 2. The van der Waals surface area contributed by atoms with Gasteiger partial charge in [-0.05, 0) is 43.3 Å². The van der Waals surface area contributed by atoms with Gasteiger partial charge < -0.3 is 15.2 Å². The molecule has 0 unspecified atom stereocenters. The lowest BCUT2D eigenvalue weighted by molar-refractivity contribution is 0.0526. The molecule has 0 bridgehead atoms. The lowest BCUT2D eigenvalue weighted by Gasteiger charge is -2.07. The molecule has 0 radical (unpaired) electrons. The van der Waals surface area contributed by atoms with Crippen LogP contribution in [0.4, 0.5) is 5.69 Å². The maximum Gasteiger partial charge on any atom is 0.338 e. The summed E-state index contributed by atoms with van der Waals surface area (Å²) in [5.41, 5.74) is 6.81. The van der Waals surface area contributed by atoms with Crippen LogP contribution in [0, 0.1) is 0 Å². The predicted molar refractivity (Wildman–Crippen MR) is 73.3 cm³/mol. The molecule has 0 heterocycles. The number of carbonyl (C=O) groups excluding carboxylic acids is 1. The van der Waals surface area contributed by atoms with Crippen molar-refractivity contribution in [3.63, 3.8) is 0 Å². The first-order valence-electron chi connectivity index (χ1n) is 5.99. The molecule has 0 saturated carbocycles. The van der Waals surface area contributed by atoms with E-state index in [4.69, 9.17) is 15.2 Å². The Morgan fingerprint density at radius 1 is 1.11 bits per heavy atom. The first-order valence-corrected chi connectivity index (χ1v) is 5.99. The van der Waals surface area contributed by atoms with Gasteiger partial charge in [0.2, 0.25) is 0 Å². The number of hydrogen-bond donors (Lipinski definition) is 1. The molecule has 0 aliphatic heterocycles. The highest BCUT2D eigenvalue weighted by Crippen LogP contribution is 2.23. The van der Waals surface area contributed by atoms with Gasteiger partial charge in [-0.3, -0.25) is 0 Å². The molecule has 2 aromatic carbocycles. The second kappa shape index (κ2) is 5.91. The monoisotopic (exact) mass is 257 g/mol. The molecule has 4 heteroatoms. The Labute approximate surface area is 111 Å². The van der Waals surface area contributed by atoms with Crippen molar-refractivity contribution in [2.24, 2.45) is 0 Å². The molecule has 0 aliphatic carbocycles. The van der Waals surface area contributed by atoms with E-state index >= 15 is 0 Å². The Bertz CT molecular complexity index is 564. The van der Waals surface area contributed by atoms with Gasteiger partial charge in [0.05, 0.1) is 12.2 Å². The highest BCUT2D eigenvalue weighted by atomic mass is 16.5. The normalized spacial score (nSPS) is 9.95. The number of hydrogen-bond acceptors (Lipinski definition) is 4. The second-order valence-electron chi connectivity index (χ2n) is 3.92. The van der Waals surface area contributed by atoms with Crippen LogP contribution in [0.15, 0.2) is 48.5 Å². The van der Waals surface area contributed by atoms with Crippen LogP contribution < -0.4 is 10.5 Å². The largest absolute Gasteiger partial charge is 0.462 e. The molecular formula is C15H15NO3. The molecule has 2 N–H and O–H groups in total. The summed E-state index contributed by atoms with van der Waals surface area (Å²) in [7, 11) is 0. The molecule has 2 aromatic rings. The van der Waals surface area contributed by atoms with E-state index in [9.17, 15) is 4.79 Å². The molecule has 0 atom stereocenters. The van der Waals surface area contributed by atoms with Crippen LogP contribution in [0.2, 0.25) is 0 Å². The molecule has 4 nitrogen and oxygen atoms in total. The first-order chi connectivity index (χ1) is 9.19. The maximum atomic E-state index is 11.5. The van der Waals surface area contributed by atoms with Crippen molar-refractivity contribution in [2.45, 2.75) is 6.92 Å².